The Bertz CT molecular complexity index is 513. The number of rotatable bonds is 7. The topological polar surface area (TPSA) is 38.8 Å². The highest BCUT2D eigenvalue weighted by molar-refractivity contribution is 6.29. The van der Waals surface area contributed by atoms with Crippen molar-refractivity contribution in [2.75, 3.05) is 23.9 Å². The first-order chi connectivity index (χ1) is 11.1. The Labute approximate surface area is 143 Å². The summed E-state index contributed by atoms with van der Waals surface area (Å²) in [5.41, 5.74) is 3.26. The van der Waals surface area contributed by atoms with Gasteiger partial charge in [0.1, 0.15) is 5.88 Å². The molecular weight excluding hydrogens is 314 g/mol. The number of ether oxygens (including phenoxy) is 2. The van der Waals surface area contributed by atoms with Gasteiger partial charge in [0, 0.05) is 0 Å². The molecule has 0 saturated carbocycles. The van der Waals surface area contributed by atoms with Crippen molar-refractivity contribution in [2.24, 2.45) is 0 Å². The number of carbonyl (C=O) groups is 1. The zero-order valence-corrected chi connectivity index (χ0v) is 14.9. The molecule has 2 rings (SSSR count). The van der Waals surface area contributed by atoms with E-state index in [0.29, 0.717) is 13.2 Å². The molecule has 2 atom stereocenters. The molecule has 1 aromatic rings. The van der Waals surface area contributed by atoms with Gasteiger partial charge in [-0.15, -0.1) is 11.6 Å². The van der Waals surface area contributed by atoms with E-state index in [9.17, 15) is 4.79 Å². The average molecular weight is 340 g/mol. The second-order valence-corrected chi connectivity index (χ2v) is 5.97. The minimum atomic E-state index is -0.387. The Balaban J connectivity index is 2.30. The molecule has 1 aliphatic rings. The second kappa shape index (κ2) is 8.67. The van der Waals surface area contributed by atoms with Crippen molar-refractivity contribution >= 4 is 23.2 Å². The summed E-state index contributed by atoms with van der Waals surface area (Å²) < 4.78 is 11.5. The van der Waals surface area contributed by atoms with Gasteiger partial charge in [-0.05, 0) is 30.4 Å². The van der Waals surface area contributed by atoms with E-state index >= 15 is 0 Å². The maximum absolute atomic E-state index is 12.5. The van der Waals surface area contributed by atoms with Crippen molar-refractivity contribution in [3.05, 3.63) is 29.3 Å². The molecule has 0 N–H and O–H groups in total. The smallest absolute Gasteiger partial charge is 0.242 e. The monoisotopic (exact) mass is 339 g/mol. The first kappa shape index (κ1) is 18.2. The molecule has 1 aliphatic heterocycles. The van der Waals surface area contributed by atoms with Crippen LogP contribution in [-0.4, -0.2) is 37.3 Å². The first-order valence-corrected chi connectivity index (χ1v) is 8.92. The first-order valence-electron chi connectivity index (χ1n) is 8.38. The van der Waals surface area contributed by atoms with Crippen molar-refractivity contribution in [3.8, 4) is 0 Å². The molecule has 128 valence electrons. The number of halogens is 1. The summed E-state index contributed by atoms with van der Waals surface area (Å²) in [5, 5.41) is 0. The number of amides is 1. The Morgan fingerprint density at radius 1 is 1.26 bits per heavy atom. The molecule has 2 unspecified atom stereocenters. The van der Waals surface area contributed by atoms with Crippen LogP contribution in [0.25, 0.3) is 0 Å². The lowest BCUT2D eigenvalue weighted by atomic mass is 10.0. The van der Waals surface area contributed by atoms with E-state index in [1.54, 1.807) is 4.90 Å². The second-order valence-electron chi connectivity index (χ2n) is 5.70. The maximum atomic E-state index is 12.5. The number of para-hydroxylation sites is 1. The van der Waals surface area contributed by atoms with Gasteiger partial charge in [0.15, 0.2) is 6.29 Å². The third kappa shape index (κ3) is 4.25. The lowest BCUT2D eigenvalue weighted by Crippen LogP contribution is -2.40. The summed E-state index contributed by atoms with van der Waals surface area (Å²) in [4.78, 5) is 14.2. The van der Waals surface area contributed by atoms with Crippen molar-refractivity contribution in [2.45, 2.75) is 52.4 Å². The third-order valence-corrected chi connectivity index (χ3v) is 4.48. The average Bonchev–Trinajstić information content (AvgIpc) is 3.06. The summed E-state index contributed by atoms with van der Waals surface area (Å²) in [6.07, 6.45) is 2.35. The number of hydrogen-bond acceptors (Lipinski definition) is 3. The van der Waals surface area contributed by atoms with Crippen LogP contribution in [0.4, 0.5) is 5.69 Å². The molecule has 1 aromatic carbocycles. The van der Waals surface area contributed by atoms with Gasteiger partial charge in [-0.25, -0.2) is 0 Å². The van der Waals surface area contributed by atoms with E-state index < -0.39 is 0 Å². The van der Waals surface area contributed by atoms with Crippen LogP contribution >= 0.6 is 11.6 Å². The summed E-state index contributed by atoms with van der Waals surface area (Å²) in [6, 6.07) is 6.17. The Morgan fingerprint density at radius 3 is 2.39 bits per heavy atom. The van der Waals surface area contributed by atoms with Gasteiger partial charge < -0.3 is 14.4 Å². The lowest BCUT2D eigenvalue weighted by Gasteiger charge is -2.28. The minimum Gasteiger partial charge on any atom is -0.348 e. The molecule has 0 aliphatic carbocycles. The summed E-state index contributed by atoms with van der Waals surface area (Å²) in [6.45, 7) is 7.22. The number of hydrogen-bond donors (Lipinski definition) is 0. The van der Waals surface area contributed by atoms with E-state index in [1.807, 2.05) is 6.07 Å². The van der Waals surface area contributed by atoms with Gasteiger partial charge in [-0.2, -0.15) is 0 Å². The van der Waals surface area contributed by atoms with Crippen LogP contribution in [0.15, 0.2) is 18.2 Å². The zero-order valence-electron chi connectivity index (χ0n) is 14.2. The zero-order chi connectivity index (χ0) is 16.8. The third-order valence-electron chi connectivity index (χ3n) is 4.25. The highest BCUT2D eigenvalue weighted by Gasteiger charge is 2.30. The van der Waals surface area contributed by atoms with Crippen molar-refractivity contribution in [1.29, 1.82) is 0 Å². The van der Waals surface area contributed by atoms with Gasteiger partial charge in [0.2, 0.25) is 5.91 Å². The van der Waals surface area contributed by atoms with Gasteiger partial charge in [-0.3, -0.25) is 4.79 Å². The predicted molar refractivity (Wildman–Crippen MR) is 93.2 cm³/mol. The Hall–Kier alpha value is -1.10. The van der Waals surface area contributed by atoms with Gasteiger partial charge in [0.05, 0.1) is 24.9 Å². The number of carbonyl (C=O) groups excluding carboxylic acids is 1. The molecule has 1 amide bonds. The Morgan fingerprint density at radius 2 is 1.91 bits per heavy atom. The number of aryl methyl sites for hydroxylation is 2. The molecule has 1 fully saturated rings. The number of anilines is 1. The van der Waals surface area contributed by atoms with Crippen molar-refractivity contribution < 1.29 is 14.3 Å². The van der Waals surface area contributed by atoms with Crippen LogP contribution in [0.1, 0.15) is 38.3 Å². The predicted octanol–water partition coefficient (Wildman–Crippen LogP) is 3.53. The molecule has 1 heterocycles. The molecule has 4 nitrogen and oxygen atoms in total. The van der Waals surface area contributed by atoms with E-state index in [0.717, 1.165) is 36.1 Å². The molecule has 0 radical (unpaired) electrons. The van der Waals surface area contributed by atoms with Crippen LogP contribution in [0, 0.1) is 0 Å². The van der Waals surface area contributed by atoms with Crippen LogP contribution in [0.3, 0.4) is 0 Å². The van der Waals surface area contributed by atoms with Gasteiger partial charge >= 0.3 is 0 Å². The van der Waals surface area contributed by atoms with Crippen molar-refractivity contribution in [1.82, 2.24) is 0 Å². The fourth-order valence-electron chi connectivity index (χ4n) is 2.92. The fraction of sp³-hybridized carbons (Fsp3) is 0.611. The van der Waals surface area contributed by atoms with Crippen LogP contribution in [-0.2, 0) is 27.1 Å². The van der Waals surface area contributed by atoms with E-state index in [1.165, 1.54) is 0 Å². The van der Waals surface area contributed by atoms with E-state index in [-0.39, 0.29) is 24.2 Å². The number of alkyl halides is 1. The lowest BCUT2D eigenvalue weighted by molar-refractivity contribution is -0.118. The molecule has 0 spiro atoms. The largest absolute Gasteiger partial charge is 0.348 e. The van der Waals surface area contributed by atoms with Crippen LogP contribution < -0.4 is 4.90 Å². The quantitative estimate of drug-likeness (QED) is 0.713. The highest BCUT2D eigenvalue weighted by atomic mass is 35.5. The minimum absolute atomic E-state index is 0.0505. The van der Waals surface area contributed by atoms with Crippen molar-refractivity contribution in [3.63, 3.8) is 0 Å². The summed E-state index contributed by atoms with van der Waals surface area (Å²) in [5.74, 6) is -0.167. The van der Waals surface area contributed by atoms with E-state index in [4.69, 9.17) is 21.1 Å². The van der Waals surface area contributed by atoms with Gasteiger partial charge in [-0.1, -0.05) is 39.0 Å². The molecule has 23 heavy (non-hydrogen) atoms. The molecule has 5 heteroatoms. The molecule has 1 saturated heterocycles. The summed E-state index contributed by atoms with van der Waals surface area (Å²) >= 11 is 5.86. The molecule has 0 aromatic heterocycles. The number of benzene rings is 1. The van der Waals surface area contributed by atoms with Gasteiger partial charge in [0.25, 0.3) is 0 Å². The van der Waals surface area contributed by atoms with E-state index in [2.05, 4.69) is 32.9 Å². The standard InChI is InChI=1S/C18H26ClNO3/c1-4-13-8-7-9-14(5-2)18(13)20(16(21)10-19)11-17-22-12-15(6-3)23-17/h7-9,15,17H,4-6,10-12H2,1-3H3. The Kier molecular flexibility index (Phi) is 6.88. The normalized spacial score (nSPS) is 20.7. The van der Waals surface area contributed by atoms with Crippen LogP contribution in [0.5, 0.6) is 0 Å². The highest BCUT2D eigenvalue weighted by Crippen LogP contribution is 2.29. The molecular formula is C18H26ClNO3. The maximum Gasteiger partial charge on any atom is 0.242 e. The molecule has 0 bridgehead atoms. The summed E-state index contributed by atoms with van der Waals surface area (Å²) in [7, 11) is 0. The van der Waals surface area contributed by atoms with Crippen LogP contribution in [0.2, 0.25) is 0 Å². The number of nitrogens with zero attached hydrogens (tertiary/aromatic N) is 1. The fourth-order valence-corrected chi connectivity index (χ4v) is 3.06. The SMILES string of the molecule is CCc1cccc(CC)c1N(CC1OCC(CC)O1)C(=O)CCl.